The van der Waals surface area contributed by atoms with Gasteiger partial charge in [0.15, 0.2) is 0 Å². The molecule has 108 valence electrons. The zero-order chi connectivity index (χ0) is 14.0. The van der Waals surface area contributed by atoms with Gasteiger partial charge in [0.1, 0.15) is 6.04 Å². The van der Waals surface area contributed by atoms with Crippen LogP contribution in [0.4, 0.5) is 0 Å². The lowest BCUT2D eigenvalue weighted by molar-refractivity contribution is -0.132. The Morgan fingerprint density at radius 3 is 2.32 bits per heavy atom. The van der Waals surface area contributed by atoms with E-state index in [1.165, 1.54) is 6.42 Å². The van der Waals surface area contributed by atoms with Crippen LogP contribution < -0.4 is 16.4 Å². The van der Waals surface area contributed by atoms with Gasteiger partial charge in [-0.2, -0.15) is 0 Å². The number of rotatable bonds is 3. The Balaban J connectivity index is 1.92. The molecule has 4 N–H and O–H groups in total. The predicted octanol–water partition coefficient (Wildman–Crippen LogP) is 0.391. The zero-order valence-corrected chi connectivity index (χ0v) is 11.8. The van der Waals surface area contributed by atoms with E-state index >= 15 is 0 Å². The molecule has 2 aliphatic rings. The van der Waals surface area contributed by atoms with E-state index < -0.39 is 6.04 Å². The second-order valence-electron chi connectivity index (χ2n) is 6.04. The number of nitrogens with two attached hydrogens (primary N) is 1. The standard InChI is InChI=1S/C14H25N3O2/c1-8(13(18)16-2)17-14(19)11-6-9-4-3-5-10(7-11)12(9)15/h8-12H,3-7,15H2,1-2H3,(H,16,18)(H,17,19)/t8-,9?,10?,11?,12?/m1/s1. The number of fused-ring (bicyclic) bond motifs is 2. The Morgan fingerprint density at radius 1 is 1.21 bits per heavy atom. The van der Waals surface area contributed by atoms with Crippen molar-refractivity contribution in [2.75, 3.05) is 7.05 Å². The molecule has 2 saturated carbocycles. The van der Waals surface area contributed by atoms with E-state index in [4.69, 9.17) is 5.73 Å². The highest BCUT2D eigenvalue weighted by Crippen LogP contribution is 2.41. The van der Waals surface area contributed by atoms with E-state index in [0.29, 0.717) is 11.8 Å². The molecule has 2 unspecified atom stereocenters. The largest absolute Gasteiger partial charge is 0.357 e. The molecule has 0 radical (unpaired) electrons. The average molecular weight is 267 g/mol. The summed E-state index contributed by atoms with van der Waals surface area (Å²) in [5, 5.41) is 5.36. The molecule has 0 saturated heterocycles. The molecule has 2 bridgehead atoms. The third-order valence-electron chi connectivity index (χ3n) is 4.78. The molecule has 0 aliphatic heterocycles. The van der Waals surface area contributed by atoms with Gasteiger partial charge in [0, 0.05) is 19.0 Å². The van der Waals surface area contributed by atoms with Crippen molar-refractivity contribution in [3.05, 3.63) is 0 Å². The van der Waals surface area contributed by atoms with Crippen molar-refractivity contribution in [3.8, 4) is 0 Å². The first-order valence-electron chi connectivity index (χ1n) is 7.30. The second kappa shape index (κ2) is 5.90. The minimum Gasteiger partial charge on any atom is -0.357 e. The van der Waals surface area contributed by atoms with Gasteiger partial charge in [0.05, 0.1) is 0 Å². The van der Waals surface area contributed by atoms with Crippen LogP contribution in [-0.4, -0.2) is 30.9 Å². The molecule has 0 heterocycles. The van der Waals surface area contributed by atoms with Gasteiger partial charge in [-0.25, -0.2) is 0 Å². The van der Waals surface area contributed by atoms with E-state index in [2.05, 4.69) is 10.6 Å². The minimum absolute atomic E-state index is 0.0138. The SMILES string of the molecule is CNC(=O)[C@@H](C)NC(=O)C1CC2CCCC(C1)C2N. The first-order valence-corrected chi connectivity index (χ1v) is 7.30. The van der Waals surface area contributed by atoms with E-state index in [-0.39, 0.29) is 23.8 Å². The summed E-state index contributed by atoms with van der Waals surface area (Å²) in [6.07, 6.45) is 5.29. The minimum atomic E-state index is -0.465. The summed E-state index contributed by atoms with van der Waals surface area (Å²) in [7, 11) is 1.58. The van der Waals surface area contributed by atoms with E-state index in [0.717, 1.165) is 25.7 Å². The maximum atomic E-state index is 12.2. The van der Waals surface area contributed by atoms with E-state index in [1.807, 2.05) is 0 Å². The van der Waals surface area contributed by atoms with Gasteiger partial charge in [-0.3, -0.25) is 9.59 Å². The fourth-order valence-corrected chi connectivity index (χ4v) is 3.62. The lowest BCUT2D eigenvalue weighted by atomic mass is 9.65. The van der Waals surface area contributed by atoms with Crippen LogP contribution in [0.15, 0.2) is 0 Å². The highest BCUT2D eigenvalue weighted by atomic mass is 16.2. The van der Waals surface area contributed by atoms with Gasteiger partial charge in [0.25, 0.3) is 0 Å². The highest BCUT2D eigenvalue weighted by molar-refractivity contribution is 5.88. The Hall–Kier alpha value is -1.10. The van der Waals surface area contributed by atoms with Crippen LogP contribution in [-0.2, 0) is 9.59 Å². The van der Waals surface area contributed by atoms with Gasteiger partial charge in [-0.15, -0.1) is 0 Å². The number of nitrogens with one attached hydrogen (secondary N) is 2. The Morgan fingerprint density at radius 2 is 1.79 bits per heavy atom. The van der Waals surface area contributed by atoms with Crippen LogP contribution >= 0.6 is 0 Å². The Kier molecular flexibility index (Phi) is 4.45. The molecular weight excluding hydrogens is 242 g/mol. The van der Waals surface area contributed by atoms with E-state index in [1.54, 1.807) is 14.0 Å². The number of hydrogen-bond donors (Lipinski definition) is 3. The lowest BCUT2D eigenvalue weighted by Crippen LogP contribution is -2.51. The molecule has 2 rings (SSSR count). The van der Waals surface area contributed by atoms with Crippen LogP contribution in [0.3, 0.4) is 0 Å². The van der Waals surface area contributed by atoms with Gasteiger partial charge < -0.3 is 16.4 Å². The average Bonchev–Trinajstić information content (AvgIpc) is 2.37. The fraction of sp³-hybridized carbons (Fsp3) is 0.857. The Labute approximate surface area is 114 Å². The summed E-state index contributed by atoms with van der Waals surface area (Å²) in [5.74, 6) is 0.861. The molecule has 2 amide bonds. The van der Waals surface area contributed by atoms with Gasteiger partial charge in [-0.1, -0.05) is 6.42 Å². The highest BCUT2D eigenvalue weighted by Gasteiger charge is 2.40. The van der Waals surface area contributed by atoms with Crippen LogP contribution in [0, 0.1) is 17.8 Å². The topological polar surface area (TPSA) is 84.2 Å². The Bertz CT molecular complexity index is 345. The molecule has 0 aromatic rings. The zero-order valence-electron chi connectivity index (χ0n) is 11.8. The summed E-state index contributed by atoms with van der Waals surface area (Å²) in [4.78, 5) is 23.7. The predicted molar refractivity (Wildman–Crippen MR) is 73.2 cm³/mol. The monoisotopic (exact) mass is 267 g/mol. The fourth-order valence-electron chi connectivity index (χ4n) is 3.62. The summed E-state index contributed by atoms with van der Waals surface area (Å²) in [5.41, 5.74) is 6.22. The molecular formula is C14H25N3O2. The summed E-state index contributed by atoms with van der Waals surface area (Å²) < 4.78 is 0. The summed E-state index contributed by atoms with van der Waals surface area (Å²) in [6, 6.07) is -0.192. The van der Waals surface area contributed by atoms with Crippen molar-refractivity contribution in [1.82, 2.24) is 10.6 Å². The molecule has 0 spiro atoms. The molecule has 0 aromatic carbocycles. The molecule has 5 heteroatoms. The molecule has 3 atom stereocenters. The first-order chi connectivity index (χ1) is 9.02. The number of amides is 2. The third-order valence-corrected chi connectivity index (χ3v) is 4.78. The number of hydrogen-bond acceptors (Lipinski definition) is 3. The smallest absolute Gasteiger partial charge is 0.242 e. The lowest BCUT2D eigenvalue weighted by Gasteiger charge is -2.43. The maximum Gasteiger partial charge on any atom is 0.242 e. The van der Waals surface area contributed by atoms with Crippen molar-refractivity contribution in [1.29, 1.82) is 0 Å². The van der Waals surface area contributed by atoms with Crippen molar-refractivity contribution >= 4 is 11.8 Å². The van der Waals surface area contributed by atoms with Crippen LogP contribution in [0.5, 0.6) is 0 Å². The second-order valence-corrected chi connectivity index (χ2v) is 6.04. The summed E-state index contributed by atoms with van der Waals surface area (Å²) >= 11 is 0. The quantitative estimate of drug-likeness (QED) is 0.691. The van der Waals surface area contributed by atoms with Crippen molar-refractivity contribution in [2.24, 2.45) is 23.5 Å². The molecule has 5 nitrogen and oxygen atoms in total. The molecule has 19 heavy (non-hydrogen) atoms. The number of likely N-dealkylation sites (N-methyl/N-ethyl adjacent to an activating group) is 1. The van der Waals surface area contributed by atoms with E-state index in [9.17, 15) is 9.59 Å². The van der Waals surface area contributed by atoms with Crippen molar-refractivity contribution < 1.29 is 9.59 Å². The van der Waals surface area contributed by atoms with Crippen molar-refractivity contribution in [3.63, 3.8) is 0 Å². The maximum absolute atomic E-state index is 12.2. The molecule has 0 aromatic heterocycles. The van der Waals surface area contributed by atoms with Gasteiger partial charge >= 0.3 is 0 Å². The third kappa shape index (κ3) is 3.08. The molecule has 2 fully saturated rings. The number of carbonyl (C=O) groups excluding carboxylic acids is 2. The van der Waals surface area contributed by atoms with Crippen LogP contribution in [0.2, 0.25) is 0 Å². The molecule has 2 aliphatic carbocycles. The first kappa shape index (κ1) is 14.3. The van der Waals surface area contributed by atoms with Crippen LogP contribution in [0.25, 0.3) is 0 Å². The van der Waals surface area contributed by atoms with Crippen molar-refractivity contribution in [2.45, 2.75) is 51.1 Å². The van der Waals surface area contributed by atoms with Crippen LogP contribution in [0.1, 0.15) is 39.0 Å². The van der Waals surface area contributed by atoms with Gasteiger partial charge in [-0.05, 0) is 44.4 Å². The normalized spacial score (nSPS) is 35.3. The summed E-state index contributed by atoms with van der Waals surface area (Å²) in [6.45, 7) is 1.71. The van der Waals surface area contributed by atoms with Gasteiger partial charge in [0.2, 0.25) is 11.8 Å². The number of carbonyl (C=O) groups is 2.